The zero-order chi connectivity index (χ0) is 20.8. The molecule has 0 amide bonds. The number of aromatic nitrogens is 1. The Hall–Kier alpha value is -1.20. The van der Waals surface area contributed by atoms with Gasteiger partial charge in [-0.25, -0.2) is 4.98 Å². The molecule has 0 unspecified atom stereocenters. The van der Waals surface area contributed by atoms with E-state index < -0.39 is 0 Å². The van der Waals surface area contributed by atoms with Crippen LogP contribution in [0.4, 0.5) is 0 Å². The molecule has 1 heterocycles. The molecule has 0 saturated carbocycles. The molecule has 170 valence electrons. The second-order valence-corrected chi connectivity index (χ2v) is 9.35. The predicted octanol–water partition coefficient (Wildman–Crippen LogP) is 6.86. The van der Waals surface area contributed by atoms with E-state index in [1.807, 2.05) is 19.1 Å². The van der Waals surface area contributed by atoms with Gasteiger partial charge in [-0.15, -0.1) is 24.8 Å². The molecule has 0 aliphatic heterocycles. The molecular weight excluding hydrogens is 443 g/mol. The van der Waals surface area contributed by atoms with Crippen LogP contribution in [0.2, 0.25) is 5.15 Å². The van der Waals surface area contributed by atoms with Crippen molar-refractivity contribution in [2.24, 2.45) is 5.41 Å². The van der Waals surface area contributed by atoms with Gasteiger partial charge in [-0.05, 0) is 56.4 Å². The minimum Gasteiger partial charge on any atom is -0.490 e. The molecule has 0 aliphatic rings. The van der Waals surface area contributed by atoms with Crippen LogP contribution in [0, 0.1) is 5.41 Å². The van der Waals surface area contributed by atoms with Crippen LogP contribution in [0.15, 0.2) is 36.5 Å². The summed E-state index contributed by atoms with van der Waals surface area (Å²) in [5.74, 6) is 1.49. The largest absolute Gasteiger partial charge is 0.490 e. The number of hydrogen-bond acceptors (Lipinski definition) is 4. The lowest BCUT2D eigenvalue weighted by atomic mass is 9.82. The van der Waals surface area contributed by atoms with Crippen molar-refractivity contribution in [3.8, 4) is 11.5 Å². The van der Waals surface area contributed by atoms with Crippen LogP contribution in [-0.2, 0) is 13.2 Å². The highest BCUT2D eigenvalue weighted by Crippen LogP contribution is 2.30. The lowest BCUT2D eigenvalue weighted by Gasteiger charge is -2.33. The monoisotopic (exact) mass is 476 g/mol. The first-order valence-corrected chi connectivity index (χ1v) is 10.2. The number of nitrogens with one attached hydrogen (secondary N) is 1. The van der Waals surface area contributed by atoms with Crippen LogP contribution in [0.1, 0.15) is 59.1 Å². The Morgan fingerprint density at radius 1 is 0.933 bits per heavy atom. The number of pyridine rings is 1. The second kappa shape index (κ2) is 12.6. The van der Waals surface area contributed by atoms with Crippen LogP contribution >= 0.6 is 36.4 Å². The van der Waals surface area contributed by atoms with Gasteiger partial charge >= 0.3 is 0 Å². The van der Waals surface area contributed by atoms with Crippen LogP contribution in [0.25, 0.3) is 0 Å². The van der Waals surface area contributed by atoms with Gasteiger partial charge in [0.1, 0.15) is 11.8 Å². The molecule has 4 nitrogen and oxygen atoms in total. The van der Waals surface area contributed by atoms with E-state index in [9.17, 15) is 0 Å². The fourth-order valence-electron chi connectivity index (χ4n) is 3.43. The fraction of sp³-hybridized carbons (Fsp3) is 0.522. The average molecular weight is 478 g/mol. The summed E-state index contributed by atoms with van der Waals surface area (Å²) in [5.41, 5.74) is 2.47. The van der Waals surface area contributed by atoms with Crippen molar-refractivity contribution in [2.45, 2.75) is 66.7 Å². The summed E-state index contributed by atoms with van der Waals surface area (Å²) in [6.07, 6.45) is 2.81. The van der Waals surface area contributed by atoms with Crippen LogP contribution < -0.4 is 14.8 Å². The molecule has 2 aromatic rings. The summed E-state index contributed by atoms with van der Waals surface area (Å²) in [6.45, 7) is 15.1. The molecule has 0 atom stereocenters. The first-order valence-electron chi connectivity index (χ1n) is 9.82. The zero-order valence-corrected chi connectivity index (χ0v) is 21.1. The van der Waals surface area contributed by atoms with Crippen molar-refractivity contribution < 1.29 is 9.47 Å². The number of hydrogen-bond donors (Lipinski definition) is 1. The van der Waals surface area contributed by atoms with Gasteiger partial charge in [-0.2, -0.15) is 0 Å². The van der Waals surface area contributed by atoms with E-state index in [1.165, 1.54) is 5.56 Å². The highest BCUT2D eigenvalue weighted by Gasteiger charge is 2.24. The summed E-state index contributed by atoms with van der Waals surface area (Å²) in [7, 11) is 0. The number of ether oxygens (including phenoxy) is 2. The number of benzene rings is 1. The molecule has 0 spiro atoms. The van der Waals surface area contributed by atoms with Gasteiger partial charge in [0.2, 0.25) is 0 Å². The van der Waals surface area contributed by atoms with Crippen LogP contribution in [0.3, 0.4) is 0 Å². The highest BCUT2D eigenvalue weighted by atomic mass is 35.5. The third-order valence-corrected chi connectivity index (χ3v) is 4.46. The molecular formula is C23H35Cl3N2O2. The Morgan fingerprint density at radius 3 is 2.17 bits per heavy atom. The molecule has 0 bridgehead atoms. The van der Waals surface area contributed by atoms with Gasteiger partial charge in [0, 0.05) is 23.8 Å². The maximum atomic E-state index is 5.95. The lowest BCUT2D eigenvalue weighted by molar-refractivity contribution is 0.240. The van der Waals surface area contributed by atoms with Gasteiger partial charge in [0.25, 0.3) is 0 Å². The topological polar surface area (TPSA) is 43.4 Å². The van der Waals surface area contributed by atoms with Gasteiger partial charge < -0.3 is 14.8 Å². The number of halogens is 3. The van der Waals surface area contributed by atoms with E-state index in [4.69, 9.17) is 21.1 Å². The fourth-order valence-corrected chi connectivity index (χ4v) is 3.54. The smallest absolute Gasteiger partial charge is 0.161 e. The zero-order valence-electron chi connectivity index (χ0n) is 18.8. The van der Waals surface area contributed by atoms with Crippen molar-refractivity contribution >= 4 is 36.4 Å². The van der Waals surface area contributed by atoms with E-state index in [2.05, 4.69) is 57.1 Å². The standard InChI is InChI=1S/C23H33ClN2O2.2ClH/c1-7-27-20-12-17(14-26-23(5,6)16-22(2,3)4)8-10-19(20)28-15-18-9-11-21(24)25-13-18;;/h8-13,26H,7,14-16H2,1-6H3;2*1H. The minimum absolute atomic E-state index is 0. The molecule has 0 saturated heterocycles. The lowest BCUT2D eigenvalue weighted by Crippen LogP contribution is -2.41. The molecule has 7 heteroatoms. The molecule has 0 radical (unpaired) electrons. The van der Waals surface area contributed by atoms with Crippen molar-refractivity contribution in [3.05, 3.63) is 52.8 Å². The third-order valence-electron chi connectivity index (χ3n) is 4.23. The van der Waals surface area contributed by atoms with Crippen molar-refractivity contribution in [3.63, 3.8) is 0 Å². The molecule has 2 rings (SSSR count). The van der Waals surface area contributed by atoms with Crippen molar-refractivity contribution in [1.29, 1.82) is 0 Å². The van der Waals surface area contributed by atoms with Gasteiger partial charge in [0.15, 0.2) is 11.5 Å². The Morgan fingerprint density at radius 2 is 1.60 bits per heavy atom. The van der Waals surface area contributed by atoms with Crippen molar-refractivity contribution in [1.82, 2.24) is 10.3 Å². The van der Waals surface area contributed by atoms with Gasteiger partial charge in [-0.3, -0.25) is 0 Å². The second-order valence-electron chi connectivity index (χ2n) is 8.97. The maximum Gasteiger partial charge on any atom is 0.161 e. The van der Waals surface area contributed by atoms with E-state index in [0.29, 0.717) is 18.4 Å². The van der Waals surface area contributed by atoms with Gasteiger partial charge in [-0.1, -0.05) is 44.5 Å². The molecule has 1 N–H and O–H groups in total. The normalized spacial score (nSPS) is 11.3. The first kappa shape index (κ1) is 28.8. The summed E-state index contributed by atoms with van der Waals surface area (Å²) in [4.78, 5) is 4.08. The van der Waals surface area contributed by atoms with E-state index in [-0.39, 0.29) is 35.8 Å². The molecule has 1 aromatic heterocycles. The Kier molecular flexibility index (Phi) is 12.1. The number of nitrogens with zero attached hydrogens (tertiary/aromatic N) is 1. The average Bonchev–Trinajstić information content (AvgIpc) is 2.59. The van der Waals surface area contributed by atoms with E-state index >= 15 is 0 Å². The highest BCUT2D eigenvalue weighted by molar-refractivity contribution is 6.29. The SMILES string of the molecule is CCOc1cc(CNC(C)(C)CC(C)(C)C)ccc1OCc1ccc(Cl)nc1.Cl.Cl. The summed E-state index contributed by atoms with van der Waals surface area (Å²) in [5, 5.41) is 4.14. The first-order chi connectivity index (χ1) is 13.1. The minimum atomic E-state index is 0. The van der Waals surface area contributed by atoms with Crippen molar-refractivity contribution in [2.75, 3.05) is 6.61 Å². The van der Waals surface area contributed by atoms with Crippen LogP contribution in [-0.4, -0.2) is 17.1 Å². The van der Waals surface area contributed by atoms with E-state index in [1.54, 1.807) is 12.3 Å². The molecule has 30 heavy (non-hydrogen) atoms. The third kappa shape index (κ3) is 10.2. The molecule has 0 aliphatic carbocycles. The Balaban J connectivity index is 0.00000420. The Labute approximate surface area is 198 Å². The molecule has 1 aromatic carbocycles. The summed E-state index contributed by atoms with van der Waals surface area (Å²) < 4.78 is 11.8. The summed E-state index contributed by atoms with van der Waals surface area (Å²) in [6, 6.07) is 9.78. The maximum absolute atomic E-state index is 5.95. The Bertz CT molecular complexity index is 760. The van der Waals surface area contributed by atoms with E-state index in [0.717, 1.165) is 30.0 Å². The quantitative estimate of drug-likeness (QED) is 0.401. The molecule has 0 fully saturated rings. The summed E-state index contributed by atoms with van der Waals surface area (Å²) >= 11 is 5.83. The van der Waals surface area contributed by atoms with Gasteiger partial charge in [0.05, 0.1) is 6.61 Å². The number of rotatable bonds is 9. The van der Waals surface area contributed by atoms with Crippen LogP contribution in [0.5, 0.6) is 11.5 Å². The predicted molar refractivity (Wildman–Crippen MR) is 131 cm³/mol.